The Morgan fingerprint density at radius 2 is 1.68 bits per heavy atom. The summed E-state index contributed by atoms with van der Waals surface area (Å²) in [4.78, 5) is 24.4. The van der Waals surface area contributed by atoms with E-state index in [1.165, 1.54) is 0 Å². The molecule has 0 saturated heterocycles. The monoisotopic (exact) mass is 421 g/mol. The molecule has 0 radical (unpaired) electrons. The first kappa shape index (κ1) is 22.1. The molecule has 1 saturated carbocycles. The number of hydrogen-bond donors (Lipinski definition) is 4. The first-order chi connectivity index (χ1) is 14.9. The van der Waals surface area contributed by atoms with Gasteiger partial charge >= 0.3 is 5.97 Å². The molecular formula is C23H27N5O3. The van der Waals surface area contributed by atoms with Gasteiger partial charge in [-0.2, -0.15) is 5.53 Å². The molecule has 1 atom stereocenters. The number of carbonyl (C=O) groups excluding carboxylic acids is 1. The molecule has 1 aliphatic carbocycles. The van der Waals surface area contributed by atoms with Crippen LogP contribution in [-0.2, 0) is 16.0 Å². The summed E-state index contributed by atoms with van der Waals surface area (Å²) >= 11 is 0. The van der Waals surface area contributed by atoms with E-state index in [-0.39, 0.29) is 18.2 Å². The van der Waals surface area contributed by atoms with Crippen molar-refractivity contribution in [1.82, 2.24) is 5.32 Å². The minimum Gasteiger partial charge on any atom is -0.481 e. The summed E-state index contributed by atoms with van der Waals surface area (Å²) in [6.07, 6.45) is 2.84. The first-order valence-corrected chi connectivity index (χ1v) is 10.3. The van der Waals surface area contributed by atoms with Crippen LogP contribution in [0.5, 0.6) is 0 Å². The maximum Gasteiger partial charge on any atom is 0.304 e. The molecule has 0 heterocycles. The highest BCUT2D eigenvalue weighted by molar-refractivity contribution is 5.93. The lowest BCUT2D eigenvalue weighted by molar-refractivity contribution is -0.145. The third-order valence-electron chi connectivity index (χ3n) is 5.86. The van der Waals surface area contributed by atoms with Gasteiger partial charge in [-0.3, -0.25) is 9.59 Å². The van der Waals surface area contributed by atoms with Crippen LogP contribution >= 0.6 is 0 Å². The van der Waals surface area contributed by atoms with Crippen LogP contribution in [0.2, 0.25) is 0 Å². The van der Waals surface area contributed by atoms with Crippen LogP contribution in [0, 0.1) is 10.9 Å². The summed E-state index contributed by atoms with van der Waals surface area (Å²) < 4.78 is 0. The molecule has 0 spiro atoms. The van der Waals surface area contributed by atoms with Crippen molar-refractivity contribution in [3.8, 4) is 11.1 Å². The molecular weight excluding hydrogens is 394 g/mol. The normalized spacial score (nSPS) is 16.5. The summed E-state index contributed by atoms with van der Waals surface area (Å²) in [5.74, 6) is -1.31. The number of amides is 1. The zero-order valence-corrected chi connectivity index (χ0v) is 17.3. The second-order valence-corrected chi connectivity index (χ2v) is 7.98. The maximum atomic E-state index is 13.1. The molecule has 5 N–H and O–H groups in total. The lowest BCUT2D eigenvalue weighted by Gasteiger charge is -2.29. The topological polar surface area (TPSA) is 141 Å². The Bertz CT molecular complexity index is 951. The highest BCUT2D eigenvalue weighted by atomic mass is 16.4. The van der Waals surface area contributed by atoms with Crippen molar-refractivity contribution >= 4 is 17.7 Å². The van der Waals surface area contributed by atoms with Gasteiger partial charge in [0.1, 0.15) is 5.84 Å². The van der Waals surface area contributed by atoms with Gasteiger partial charge in [-0.15, -0.1) is 5.10 Å². The molecule has 8 heteroatoms. The second kappa shape index (κ2) is 9.97. The molecule has 2 aromatic carbocycles. The predicted molar refractivity (Wildman–Crippen MR) is 117 cm³/mol. The number of nitrogens with one attached hydrogen (secondary N) is 2. The van der Waals surface area contributed by atoms with E-state index >= 15 is 0 Å². The van der Waals surface area contributed by atoms with Gasteiger partial charge < -0.3 is 16.2 Å². The molecule has 2 aromatic rings. The van der Waals surface area contributed by atoms with Gasteiger partial charge in [-0.1, -0.05) is 72.7 Å². The van der Waals surface area contributed by atoms with E-state index in [0.717, 1.165) is 29.5 Å². The number of benzene rings is 2. The molecule has 1 amide bonds. The van der Waals surface area contributed by atoms with Crippen molar-refractivity contribution in [1.29, 1.82) is 5.53 Å². The quantitative estimate of drug-likeness (QED) is 0.212. The van der Waals surface area contributed by atoms with Crippen LogP contribution in [-0.4, -0.2) is 28.9 Å². The zero-order chi connectivity index (χ0) is 22.3. The number of carboxylic acid groups (broad SMARTS) is 1. The molecule has 0 aromatic heterocycles. The summed E-state index contributed by atoms with van der Waals surface area (Å²) in [5.41, 5.74) is 15.1. The van der Waals surface area contributed by atoms with E-state index in [0.29, 0.717) is 19.3 Å². The molecule has 1 fully saturated rings. The predicted octanol–water partition coefficient (Wildman–Crippen LogP) is 3.72. The zero-order valence-electron chi connectivity index (χ0n) is 17.3. The van der Waals surface area contributed by atoms with Gasteiger partial charge in [-0.05, 0) is 36.0 Å². The molecule has 1 unspecified atom stereocenters. The van der Waals surface area contributed by atoms with Crippen molar-refractivity contribution < 1.29 is 14.7 Å². The first-order valence-electron chi connectivity index (χ1n) is 10.3. The molecule has 8 nitrogen and oxygen atoms in total. The van der Waals surface area contributed by atoms with Gasteiger partial charge in [0.25, 0.3) is 0 Å². The Hall–Kier alpha value is -3.55. The van der Waals surface area contributed by atoms with Gasteiger partial charge in [0.2, 0.25) is 5.91 Å². The van der Waals surface area contributed by atoms with E-state index in [4.69, 9.17) is 11.3 Å². The van der Waals surface area contributed by atoms with E-state index in [1.54, 1.807) is 0 Å². The Labute approximate surface area is 181 Å². The maximum absolute atomic E-state index is 13.1. The largest absolute Gasteiger partial charge is 0.481 e. The highest BCUT2D eigenvalue weighted by Crippen LogP contribution is 2.41. The molecule has 162 valence electrons. The number of nitrogens with two attached hydrogens (primary N) is 1. The number of carboxylic acids is 1. The van der Waals surface area contributed by atoms with Crippen molar-refractivity contribution in [3.05, 3.63) is 60.2 Å². The second-order valence-electron chi connectivity index (χ2n) is 7.98. The van der Waals surface area contributed by atoms with Crippen LogP contribution in [0.25, 0.3) is 11.1 Å². The Balaban J connectivity index is 1.78. The van der Waals surface area contributed by atoms with Crippen LogP contribution in [0.4, 0.5) is 0 Å². The smallest absolute Gasteiger partial charge is 0.304 e. The fourth-order valence-corrected chi connectivity index (χ4v) is 4.19. The van der Waals surface area contributed by atoms with Gasteiger partial charge in [0.15, 0.2) is 0 Å². The third kappa shape index (κ3) is 5.53. The number of aliphatic carboxylic acids is 1. The Morgan fingerprint density at radius 3 is 2.26 bits per heavy atom. The summed E-state index contributed by atoms with van der Waals surface area (Å²) in [5, 5.41) is 18.8. The van der Waals surface area contributed by atoms with Crippen molar-refractivity contribution in [2.45, 2.75) is 44.6 Å². The standard InChI is InChI=1S/C23H27N5O3/c24-21(27-28-25)19(26-22(31)23(15-20(29)30)12-4-5-13-23)14-16-8-10-18(11-9-16)17-6-2-1-3-7-17/h1-3,6-11,19H,4-5,12-15H2,(H,26,31)(H,29,30)(H3,24,25,27). The molecule has 1 aliphatic rings. The van der Waals surface area contributed by atoms with Gasteiger partial charge in [-0.25, -0.2) is 0 Å². The number of rotatable bonds is 9. The summed E-state index contributed by atoms with van der Waals surface area (Å²) in [6, 6.07) is 17.2. The molecule has 0 aliphatic heterocycles. The van der Waals surface area contributed by atoms with Crippen LogP contribution in [0.3, 0.4) is 0 Å². The number of carbonyl (C=O) groups is 2. The Kier molecular flexibility index (Phi) is 7.12. The fraction of sp³-hybridized carbons (Fsp3) is 0.348. The summed E-state index contributed by atoms with van der Waals surface area (Å²) in [6.45, 7) is 0. The van der Waals surface area contributed by atoms with E-state index < -0.39 is 17.4 Å². The third-order valence-corrected chi connectivity index (χ3v) is 5.86. The number of hydrogen-bond acceptors (Lipinski definition) is 4. The molecule has 31 heavy (non-hydrogen) atoms. The van der Waals surface area contributed by atoms with Gasteiger partial charge in [0, 0.05) is 0 Å². The number of nitrogens with zero attached hydrogens (tertiary/aromatic N) is 2. The average Bonchev–Trinajstić information content (AvgIpc) is 3.23. The van der Waals surface area contributed by atoms with Crippen molar-refractivity contribution in [2.75, 3.05) is 0 Å². The fourth-order valence-electron chi connectivity index (χ4n) is 4.19. The minimum absolute atomic E-state index is 0.0129. The highest BCUT2D eigenvalue weighted by Gasteiger charge is 2.43. The van der Waals surface area contributed by atoms with E-state index in [1.807, 2.05) is 54.6 Å². The Morgan fingerprint density at radius 1 is 1.06 bits per heavy atom. The van der Waals surface area contributed by atoms with Gasteiger partial charge in [0.05, 0.1) is 17.9 Å². The molecule has 0 bridgehead atoms. The molecule has 3 rings (SSSR count). The minimum atomic E-state index is -0.993. The lowest BCUT2D eigenvalue weighted by atomic mass is 9.81. The summed E-state index contributed by atoms with van der Waals surface area (Å²) in [7, 11) is 0. The lowest BCUT2D eigenvalue weighted by Crippen LogP contribution is -2.51. The van der Waals surface area contributed by atoms with E-state index in [9.17, 15) is 14.7 Å². The average molecular weight is 422 g/mol. The van der Waals surface area contributed by atoms with Crippen molar-refractivity contribution in [3.63, 3.8) is 0 Å². The van der Waals surface area contributed by atoms with E-state index in [2.05, 4.69) is 15.6 Å². The van der Waals surface area contributed by atoms with Crippen molar-refractivity contribution in [2.24, 2.45) is 21.5 Å². The van der Waals surface area contributed by atoms with Crippen LogP contribution in [0.15, 0.2) is 64.9 Å². The number of amidine groups is 1. The SMILES string of the molecule is N=NN=C(N)C(Cc1ccc(-c2ccccc2)cc1)NC(=O)C1(CC(=O)O)CCCC1. The van der Waals surface area contributed by atoms with Crippen LogP contribution in [0.1, 0.15) is 37.7 Å². The van der Waals surface area contributed by atoms with Crippen LogP contribution < -0.4 is 11.1 Å².